The van der Waals surface area contributed by atoms with Crippen LogP contribution in [0.2, 0.25) is 33.2 Å². The lowest BCUT2D eigenvalue weighted by atomic mass is 10.4. The Hall–Kier alpha value is -2.50. The van der Waals surface area contributed by atoms with Crippen LogP contribution in [0.3, 0.4) is 0 Å². The number of hydrogen-bond acceptors (Lipinski definition) is 6. The van der Waals surface area contributed by atoms with E-state index < -0.39 is 26.0 Å². The smallest absolute Gasteiger partial charge is 0.268 e. The number of aromatic nitrogens is 4. The first kappa shape index (κ1) is 40.5. The second-order valence-electron chi connectivity index (χ2n) is 12.7. The molecule has 0 saturated heterocycles. The zero-order valence-electron chi connectivity index (χ0n) is 28.4. The van der Waals surface area contributed by atoms with Crippen LogP contribution in [0.5, 0.6) is 0 Å². The Morgan fingerprint density at radius 1 is 0.721 bits per heavy atom. The monoisotopic (exact) mass is 742 g/mol. The molecule has 43 heavy (non-hydrogen) atoms. The number of rotatable bonds is 8. The van der Waals surface area contributed by atoms with Gasteiger partial charge in [0.2, 0.25) is 5.69 Å². The molecule has 2 aromatic heterocycles. The maximum atomic E-state index is 11.1. The summed E-state index contributed by atoms with van der Waals surface area (Å²) in [5.74, 6) is 3.04. The van der Waals surface area contributed by atoms with Gasteiger partial charge in [-0.15, -0.1) is 17.5 Å². The number of aryl methyl sites for hydroxylation is 2. The van der Waals surface area contributed by atoms with Gasteiger partial charge in [-0.3, -0.25) is 29.6 Å². The molecule has 0 aliphatic heterocycles. The molecular formula is C30H51IN6O4Si2. The van der Waals surface area contributed by atoms with Crippen molar-refractivity contribution >= 4 is 50.1 Å². The van der Waals surface area contributed by atoms with Crippen LogP contribution in [-0.2, 0) is 14.1 Å². The lowest BCUT2D eigenvalue weighted by Crippen LogP contribution is -2.43. The third-order valence-corrected chi connectivity index (χ3v) is 21.6. The molecule has 0 unspecified atom stereocenters. The van der Waals surface area contributed by atoms with Crippen LogP contribution >= 0.6 is 22.6 Å². The summed E-state index contributed by atoms with van der Waals surface area (Å²) in [6, 6.07) is 0. The van der Waals surface area contributed by atoms with Gasteiger partial charge in [-0.1, -0.05) is 83.1 Å². The number of halogens is 1. The van der Waals surface area contributed by atoms with Crippen LogP contribution < -0.4 is 0 Å². The van der Waals surface area contributed by atoms with Crippen LogP contribution in [-0.4, -0.2) is 45.6 Å². The van der Waals surface area contributed by atoms with Crippen LogP contribution in [0.4, 0.5) is 11.4 Å². The lowest BCUT2D eigenvalue weighted by Gasteiger charge is -2.37. The van der Waals surface area contributed by atoms with Crippen LogP contribution in [0, 0.1) is 47.4 Å². The van der Waals surface area contributed by atoms with E-state index in [-0.39, 0.29) is 17.1 Å². The first-order chi connectivity index (χ1) is 19.6. The van der Waals surface area contributed by atoms with Crippen molar-refractivity contribution in [1.82, 2.24) is 19.6 Å². The molecule has 0 spiro atoms. The zero-order valence-corrected chi connectivity index (χ0v) is 32.5. The van der Waals surface area contributed by atoms with Gasteiger partial charge in [-0.05, 0) is 61.8 Å². The van der Waals surface area contributed by atoms with E-state index in [1.165, 1.54) is 21.8 Å². The molecule has 0 fully saturated rings. The molecule has 10 nitrogen and oxygen atoms in total. The Balaban J connectivity index is 0.000000677. The minimum atomic E-state index is -1.89. The molecule has 0 aliphatic rings. The Morgan fingerprint density at radius 2 is 1.07 bits per heavy atom. The van der Waals surface area contributed by atoms with Gasteiger partial charge >= 0.3 is 11.4 Å². The molecule has 0 radical (unpaired) electrons. The van der Waals surface area contributed by atoms with Crippen molar-refractivity contribution in [3.05, 3.63) is 42.0 Å². The molecule has 2 rings (SSSR count). The summed E-state index contributed by atoms with van der Waals surface area (Å²) in [7, 11) is -0.0408. The number of nitrogens with zero attached hydrogens (tertiary/aromatic N) is 6. The van der Waals surface area contributed by atoms with E-state index in [9.17, 15) is 20.2 Å². The van der Waals surface area contributed by atoms with Gasteiger partial charge in [0, 0.05) is 14.1 Å². The lowest BCUT2D eigenvalue weighted by molar-refractivity contribution is -0.385. The Morgan fingerprint density at radius 3 is 1.30 bits per heavy atom. The van der Waals surface area contributed by atoms with E-state index in [1.54, 1.807) is 14.1 Å². The van der Waals surface area contributed by atoms with E-state index in [1.807, 2.05) is 22.6 Å². The summed E-state index contributed by atoms with van der Waals surface area (Å²) >= 11 is 1.82. The summed E-state index contributed by atoms with van der Waals surface area (Å²) in [5, 5.41) is 29.2. The third kappa shape index (κ3) is 10.0. The zero-order chi connectivity index (χ0) is 34.0. The maximum Gasteiger partial charge on any atom is 0.322 e. The molecule has 2 heterocycles. The van der Waals surface area contributed by atoms with Gasteiger partial charge in [0.25, 0.3) is 0 Å². The second kappa shape index (κ2) is 17.1. The number of nitro groups is 2. The molecule has 0 aromatic carbocycles. The summed E-state index contributed by atoms with van der Waals surface area (Å²) in [4.78, 5) is 20.4. The molecular weight excluding hydrogens is 691 g/mol. The Bertz CT molecular complexity index is 1290. The average molecular weight is 743 g/mol. The molecule has 0 atom stereocenters. The standard InChI is InChI=1S/C15H25N3O2Si.C11H22Si.C4H4IN3O2/c1-11(2)21(12(3)4,13(5)6)9-8-14-15(18(19)20)10-17(7)16-14;1-8-12(9(2)3,10(4)5)11(6)7;1-7-2-3(8(9)10)4(5)6-7/h10-13H,1-7H3;1,9-11H,2-7H3;2H,1H3. The normalized spacial score (nSPS) is 11.6. The molecule has 13 heteroatoms. The second-order valence-corrected chi connectivity index (χ2v) is 24.9. The first-order valence-corrected chi connectivity index (χ1v) is 20.2. The molecule has 0 aliphatic carbocycles. The number of hydrogen-bond donors (Lipinski definition) is 0. The van der Waals surface area contributed by atoms with Gasteiger partial charge in [0.15, 0.2) is 3.70 Å². The van der Waals surface area contributed by atoms with Crippen LogP contribution in [0.15, 0.2) is 12.4 Å². The highest BCUT2D eigenvalue weighted by molar-refractivity contribution is 14.1. The topological polar surface area (TPSA) is 122 Å². The summed E-state index contributed by atoms with van der Waals surface area (Å²) < 4.78 is 3.29. The van der Waals surface area contributed by atoms with E-state index in [2.05, 4.69) is 110 Å². The first-order valence-electron chi connectivity index (χ1n) is 14.7. The quantitative estimate of drug-likeness (QED) is 0.0878. The van der Waals surface area contributed by atoms with Crippen LogP contribution in [0.25, 0.3) is 0 Å². The highest BCUT2D eigenvalue weighted by Crippen LogP contribution is 2.41. The minimum absolute atomic E-state index is 0.0100. The van der Waals surface area contributed by atoms with Gasteiger partial charge in [-0.2, -0.15) is 10.2 Å². The Labute approximate surface area is 274 Å². The number of terminal acetylenes is 1. The maximum absolute atomic E-state index is 11.1. The summed E-state index contributed by atoms with van der Waals surface area (Å²) in [5.41, 5.74) is 10.5. The highest BCUT2D eigenvalue weighted by atomic mass is 127. The summed E-state index contributed by atoms with van der Waals surface area (Å²) in [6.07, 6.45) is 8.51. The predicted molar refractivity (Wildman–Crippen MR) is 190 cm³/mol. The molecule has 0 amide bonds. The third-order valence-electron chi connectivity index (χ3n) is 8.35. The van der Waals surface area contributed by atoms with Crippen molar-refractivity contribution in [2.24, 2.45) is 14.1 Å². The fraction of sp³-hybridized carbons (Fsp3) is 0.667. The fourth-order valence-electron chi connectivity index (χ4n) is 6.37. The van der Waals surface area contributed by atoms with E-state index >= 15 is 0 Å². The van der Waals surface area contributed by atoms with Crippen molar-refractivity contribution in [2.75, 3.05) is 0 Å². The molecule has 2 aromatic rings. The van der Waals surface area contributed by atoms with Crippen molar-refractivity contribution in [1.29, 1.82) is 0 Å². The molecule has 0 N–H and O–H groups in total. The van der Waals surface area contributed by atoms with E-state index in [4.69, 9.17) is 6.42 Å². The minimum Gasteiger partial charge on any atom is -0.268 e. The van der Waals surface area contributed by atoms with Crippen molar-refractivity contribution in [2.45, 2.75) is 116 Å². The van der Waals surface area contributed by atoms with Crippen molar-refractivity contribution in [3.8, 4) is 23.4 Å². The SMILES string of the molecule is C#C[Si](C(C)C)(C(C)C)C(C)C.CC(C)[Si](C#Cc1nn(C)cc1[N+](=O)[O-])(C(C)C)C(C)C.Cn1cc([N+](=O)[O-])c(I)n1. The average Bonchev–Trinajstić information content (AvgIpc) is 3.40. The van der Waals surface area contributed by atoms with Gasteiger partial charge in [0.05, 0.1) is 9.85 Å². The molecule has 240 valence electrons. The van der Waals surface area contributed by atoms with Gasteiger partial charge in [0.1, 0.15) is 28.5 Å². The molecule has 0 saturated carbocycles. The van der Waals surface area contributed by atoms with Crippen molar-refractivity contribution in [3.63, 3.8) is 0 Å². The van der Waals surface area contributed by atoms with Crippen LogP contribution in [0.1, 0.15) is 88.8 Å². The highest BCUT2D eigenvalue weighted by Gasteiger charge is 2.42. The van der Waals surface area contributed by atoms with Gasteiger partial charge in [-0.25, -0.2) is 0 Å². The van der Waals surface area contributed by atoms with E-state index in [0.717, 1.165) is 0 Å². The molecule has 0 bridgehead atoms. The fourth-order valence-corrected chi connectivity index (χ4v) is 17.2. The Kier molecular flexibility index (Phi) is 16.1. The van der Waals surface area contributed by atoms with E-state index in [0.29, 0.717) is 36.9 Å². The van der Waals surface area contributed by atoms with Gasteiger partial charge < -0.3 is 0 Å². The predicted octanol–water partition coefficient (Wildman–Crippen LogP) is 8.67. The van der Waals surface area contributed by atoms with Crippen molar-refractivity contribution < 1.29 is 9.85 Å². The largest absolute Gasteiger partial charge is 0.322 e. The summed E-state index contributed by atoms with van der Waals surface area (Å²) in [6.45, 7) is 27.0.